The molecule has 0 radical (unpaired) electrons. The number of carbonyl (C=O) groups is 2. The van der Waals surface area contributed by atoms with E-state index >= 15 is 0 Å². The van der Waals surface area contributed by atoms with Gasteiger partial charge in [-0.25, -0.2) is 13.1 Å². The van der Waals surface area contributed by atoms with Crippen LogP contribution in [-0.4, -0.2) is 57.5 Å². The summed E-state index contributed by atoms with van der Waals surface area (Å²) in [5.41, 5.74) is 0. The third-order valence-corrected chi connectivity index (χ3v) is 6.06. The number of nitrogens with one attached hydrogen (secondary N) is 2. The molecule has 10 heteroatoms. The van der Waals surface area contributed by atoms with E-state index in [-0.39, 0.29) is 36.5 Å². The van der Waals surface area contributed by atoms with E-state index < -0.39 is 22.5 Å². The quantitative estimate of drug-likeness (QED) is 0.572. The molecule has 1 fully saturated rings. The van der Waals surface area contributed by atoms with Gasteiger partial charge < -0.3 is 19.4 Å². The molecule has 2 N–H and O–H groups in total. The largest absolute Gasteiger partial charge is 0.467 e. The molecule has 30 heavy (non-hydrogen) atoms. The first-order valence-corrected chi connectivity index (χ1v) is 11.2. The van der Waals surface area contributed by atoms with Crippen LogP contribution in [0.4, 0.5) is 0 Å². The Kier molecular flexibility index (Phi) is 7.61. The summed E-state index contributed by atoms with van der Waals surface area (Å²) in [6.45, 7) is 0.383. The molecule has 1 aliphatic heterocycles. The van der Waals surface area contributed by atoms with Crippen molar-refractivity contribution in [3.05, 3.63) is 54.5 Å². The molecule has 1 atom stereocenters. The average molecular weight is 436 g/mol. The monoisotopic (exact) mass is 435 g/mol. The smallest absolute Gasteiger partial charge is 0.241 e. The van der Waals surface area contributed by atoms with Gasteiger partial charge in [-0.15, -0.1) is 0 Å². The normalized spacial score (nSPS) is 16.3. The number of amides is 2. The van der Waals surface area contributed by atoms with Gasteiger partial charge in [0.25, 0.3) is 0 Å². The molecular weight excluding hydrogens is 410 g/mol. The van der Waals surface area contributed by atoms with Crippen molar-refractivity contribution in [1.29, 1.82) is 0 Å². The van der Waals surface area contributed by atoms with Crippen molar-refractivity contribution in [3.8, 4) is 0 Å². The lowest BCUT2D eigenvalue weighted by molar-refractivity contribution is -0.136. The van der Waals surface area contributed by atoms with Crippen molar-refractivity contribution in [2.24, 2.45) is 0 Å². The van der Waals surface area contributed by atoms with Crippen molar-refractivity contribution in [2.75, 3.05) is 26.2 Å². The van der Waals surface area contributed by atoms with Crippen LogP contribution in [0.3, 0.4) is 0 Å². The molecule has 1 aromatic heterocycles. The fraction of sp³-hybridized carbons (Fsp3) is 0.400. The second-order valence-electron chi connectivity index (χ2n) is 6.90. The van der Waals surface area contributed by atoms with Gasteiger partial charge in [0.1, 0.15) is 5.76 Å². The predicted octanol–water partition coefficient (Wildman–Crippen LogP) is 0.882. The lowest BCUT2D eigenvalue weighted by Crippen LogP contribution is -2.47. The van der Waals surface area contributed by atoms with E-state index in [1.54, 1.807) is 30.3 Å². The maximum absolute atomic E-state index is 12.7. The molecule has 1 aliphatic rings. The highest BCUT2D eigenvalue weighted by molar-refractivity contribution is 7.89. The van der Waals surface area contributed by atoms with Gasteiger partial charge >= 0.3 is 0 Å². The average Bonchev–Trinajstić information content (AvgIpc) is 3.45. The minimum Gasteiger partial charge on any atom is -0.467 e. The molecule has 2 heterocycles. The maximum atomic E-state index is 12.7. The fourth-order valence-electron chi connectivity index (χ4n) is 3.07. The van der Waals surface area contributed by atoms with Gasteiger partial charge in [-0.1, -0.05) is 18.2 Å². The van der Waals surface area contributed by atoms with Gasteiger partial charge in [-0.05, 0) is 37.1 Å². The third kappa shape index (κ3) is 6.41. The summed E-state index contributed by atoms with van der Waals surface area (Å²) in [6.07, 6.45) is 3.01. The Hall–Kier alpha value is -2.69. The Morgan fingerprint density at radius 1 is 1.13 bits per heavy atom. The van der Waals surface area contributed by atoms with Crippen LogP contribution in [-0.2, 0) is 30.9 Å². The molecular formula is C20H25N3O6S. The Morgan fingerprint density at radius 3 is 2.60 bits per heavy atom. The molecule has 0 saturated carbocycles. The predicted molar refractivity (Wildman–Crippen MR) is 108 cm³/mol. The molecule has 0 spiro atoms. The Balaban J connectivity index is 1.58. The van der Waals surface area contributed by atoms with Crippen LogP contribution in [0.15, 0.2) is 58.0 Å². The van der Waals surface area contributed by atoms with E-state index in [4.69, 9.17) is 9.15 Å². The lowest BCUT2D eigenvalue weighted by Gasteiger charge is -2.25. The van der Waals surface area contributed by atoms with Crippen LogP contribution in [0.2, 0.25) is 0 Å². The van der Waals surface area contributed by atoms with Crippen molar-refractivity contribution >= 4 is 21.8 Å². The topological polar surface area (TPSA) is 118 Å². The molecule has 2 amide bonds. The zero-order chi connectivity index (χ0) is 21.4. The summed E-state index contributed by atoms with van der Waals surface area (Å²) in [4.78, 5) is 26.4. The van der Waals surface area contributed by atoms with E-state index in [2.05, 4.69) is 10.0 Å². The van der Waals surface area contributed by atoms with Crippen molar-refractivity contribution in [2.45, 2.75) is 30.4 Å². The van der Waals surface area contributed by atoms with E-state index in [0.717, 1.165) is 12.8 Å². The van der Waals surface area contributed by atoms with Gasteiger partial charge in [0.05, 0.1) is 36.9 Å². The van der Waals surface area contributed by atoms with E-state index in [9.17, 15) is 18.0 Å². The van der Waals surface area contributed by atoms with E-state index in [1.807, 2.05) is 0 Å². The highest BCUT2D eigenvalue weighted by Crippen LogP contribution is 2.14. The first kappa shape index (κ1) is 22.0. The molecule has 0 aliphatic carbocycles. The highest BCUT2D eigenvalue weighted by atomic mass is 32.2. The number of benzene rings is 1. The van der Waals surface area contributed by atoms with Crippen LogP contribution >= 0.6 is 0 Å². The lowest BCUT2D eigenvalue weighted by atomic mass is 10.2. The van der Waals surface area contributed by atoms with Gasteiger partial charge in [0.15, 0.2) is 0 Å². The van der Waals surface area contributed by atoms with Crippen LogP contribution in [0.5, 0.6) is 0 Å². The number of hydrogen-bond acceptors (Lipinski definition) is 6. The number of nitrogens with zero attached hydrogens (tertiary/aromatic N) is 1. The second-order valence-corrected chi connectivity index (χ2v) is 8.67. The molecule has 162 valence electrons. The summed E-state index contributed by atoms with van der Waals surface area (Å²) in [7, 11) is -3.83. The SMILES string of the molecule is O=C(CN(C[C@@H]1CCCO1)C(=O)CNS(=O)(=O)c1ccccc1)NCc1ccco1. The molecule has 1 saturated heterocycles. The maximum Gasteiger partial charge on any atom is 0.241 e. The van der Waals surface area contributed by atoms with Crippen molar-refractivity contribution in [3.63, 3.8) is 0 Å². The van der Waals surface area contributed by atoms with Crippen LogP contribution in [0.25, 0.3) is 0 Å². The number of rotatable bonds is 10. The van der Waals surface area contributed by atoms with Gasteiger partial charge in [0, 0.05) is 13.2 Å². The zero-order valence-corrected chi connectivity index (χ0v) is 17.3. The molecule has 0 bridgehead atoms. The number of ether oxygens (including phenoxy) is 1. The molecule has 1 aromatic carbocycles. The second kappa shape index (κ2) is 10.4. The first-order chi connectivity index (χ1) is 14.4. The molecule has 3 rings (SSSR count). The third-order valence-electron chi connectivity index (χ3n) is 4.64. The Labute approximate surface area is 175 Å². The number of carbonyl (C=O) groups excluding carboxylic acids is 2. The zero-order valence-electron chi connectivity index (χ0n) is 16.5. The number of furan rings is 1. The Bertz CT molecular complexity index is 925. The fourth-order valence-corrected chi connectivity index (χ4v) is 4.06. The molecule has 2 aromatic rings. The summed E-state index contributed by atoms with van der Waals surface area (Å²) >= 11 is 0. The van der Waals surface area contributed by atoms with Crippen molar-refractivity contribution in [1.82, 2.24) is 14.9 Å². The van der Waals surface area contributed by atoms with Crippen molar-refractivity contribution < 1.29 is 27.2 Å². The van der Waals surface area contributed by atoms with E-state index in [1.165, 1.54) is 23.3 Å². The summed E-state index contributed by atoms with van der Waals surface area (Å²) in [5.74, 6) is -0.280. The summed E-state index contributed by atoms with van der Waals surface area (Å²) < 4.78 is 37.8. The van der Waals surface area contributed by atoms with Gasteiger partial charge in [-0.3, -0.25) is 9.59 Å². The van der Waals surface area contributed by atoms with Gasteiger partial charge in [0.2, 0.25) is 21.8 Å². The van der Waals surface area contributed by atoms with E-state index in [0.29, 0.717) is 12.4 Å². The first-order valence-electron chi connectivity index (χ1n) is 9.67. The summed E-state index contributed by atoms with van der Waals surface area (Å²) in [6, 6.07) is 11.2. The number of hydrogen-bond donors (Lipinski definition) is 2. The standard InChI is InChI=1S/C20H25N3O6S/c24-19(21-12-16-6-4-10-28-16)15-23(14-17-7-5-11-29-17)20(25)13-22-30(26,27)18-8-2-1-3-9-18/h1-4,6,8-10,17,22H,5,7,11-15H2,(H,21,24)/t17-/m0/s1. The number of sulfonamides is 1. The molecule has 9 nitrogen and oxygen atoms in total. The minimum absolute atomic E-state index is 0.0691. The van der Waals surface area contributed by atoms with Gasteiger partial charge in [-0.2, -0.15) is 0 Å². The van der Waals surface area contributed by atoms with Crippen LogP contribution in [0.1, 0.15) is 18.6 Å². The highest BCUT2D eigenvalue weighted by Gasteiger charge is 2.25. The van der Waals surface area contributed by atoms with Crippen LogP contribution < -0.4 is 10.0 Å². The minimum atomic E-state index is -3.83. The summed E-state index contributed by atoms with van der Waals surface area (Å²) in [5, 5.41) is 2.69. The Morgan fingerprint density at radius 2 is 1.93 bits per heavy atom. The van der Waals surface area contributed by atoms with Crippen LogP contribution in [0, 0.1) is 0 Å². The molecule has 0 unspecified atom stereocenters.